The highest BCUT2D eigenvalue weighted by atomic mass is 32.1. The van der Waals surface area contributed by atoms with Gasteiger partial charge in [0.15, 0.2) is 5.13 Å². The average Bonchev–Trinajstić information content (AvgIpc) is 3.98. The van der Waals surface area contributed by atoms with E-state index in [1.54, 1.807) is 49.5 Å². The average molecular weight is 837 g/mol. The molecule has 1 aromatic carbocycles. The van der Waals surface area contributed by atoms with Crippen molar-refractivity contribution >= 4 is 74.3 Å². The summed E-state index contributed by atoms with van der Waals surface area (Å²) in [5.41, 5.74) is 3.98. The fraction of sp³-hybridized carbons (Fsp3) is 0.429. The lowest BCUT2D eigenvalue weighted by molar-refractivity contribution is -0.123. The van der Waals surface area contributed by atoms with E-state index in [1.807, 2.05) is 38.2 Å². The molecule has 17 nitrogen and oxygen atoms in total. The SMILES string of the molecule is Cc1nc(NC(=O)c2ccccc2NC(=O)CCOCCNC(=O)CN2CCN(c3ccc(Nc4ncc5cc(C(=O)N(C)C)n(C6CCCC6)c5n4)nc3)CC2)sc1C. The van der Waals surface area contributed by atoms with Crippen LogP contribution in [0.3, 0.4) is 0 Å². The number of benzene rings is 1. The number of rotatable bonds is 16. The van der Waals surface area contributed by atoms with Crippen LogP contribution in [0, 0.1) is 13.8 Å². The molecule has 0 unspecified atom stereocenters. The summed E-state index contributed by atoms with van der Waals surface area (Å²) in [6.45, 7) is 7.82. The van der Waals surface area contributed by atoms with Crippen LogP contribution in [0.5, 0.6) is 0 Å². The van der Waals surface area contributed by atoms with Crippen molar-refractivity contribution in [3.63, 3.8) is 0 Å². The van der Waals surface area contributed by atoms with Crippen molar-refractivity contribution < 1.29 is 23.9 Å². The van der Waals surface area contributed by atoms with Gasteiger partial charge >= 0.3 is 0 Å². The topological polar surface area (TPSA) is 192 Å². The first-order valence-corrected chi connectivity index (χ1v) is 21.1. The summed E-state index contributed by atoms with van der Waals surface area (Å²) in [4.78, 5) is 76.6. The van der Waals surface area contributed by atoms with E-state index in [0.29, 0.717) is 40.4 Å². The van der Waals surface area contributed by atoms with E-state index in [4.69, 9.17) is 9.72 Å². The van der Waals surface area contributed by atoms with Crippen molar-refractivity contribution in [3.05, 3.63) is 76.7 Å². The van der Waals surface area contributed by atoms with Gasteiger partial charge in [0.05, 0.1) is 55.0 Å². The normalized spacial score (nSPS) is 14.6. The van der Waals surface area contributed by atoms with E-state index in [1.165, 1.54) is 11.3 Å². The second-order valence-electron chi connectivity index (χ2n) is 15.2. The number of nitrogens with zero attached hydrogens (tertiary/aromatic N) is 8. The predicted octanol–water partition coefficient (Wildman–Crippen LogP) is 5.00. The molecule has 316 valence electrons. The molecular weight excluding hydrogens is 785 g/mol. The summed E-state index contributed by atoms with van der Waals surface area (Å²) in [5, 5.41) is 13.1. The fourth-order valence-corrected chi connectivity index (χ4v) is 8.21. The van der Waals surface area contributed by atoms with Crippen LogP contribution in [-0.4, -0.2) is 125 Å². The Balaban J connectivity index is 0.798. The molecule has 7 rings (SSSR count). The summed E-state index contributed by atoms with van der Waals surface area (Å²) in [6, 6.07) is 12.9. The number of nitrogens with one attached hydrogen (secondary N) is 4. The Labute approximate surface area is 352 Å². The molecule has 18 heteroatoms. The number of aromatic nitrogens is 5. The molecule has 60 heavy (non-hydrogen) atoms. The molecule has 0 spiro atoms. The Kier molecular flexibility index (Phi) is 13.6. The zero-order valence-electron chi connectivity index (χ0n) is 34.5. The van der Waals surface area contributed by atoms with Crippen LogP contribution in [0.4, 0.5) is 28.3 Å². The zero-order valence-corrected chi connectivity index (χ0v) is 35.3. The summed E-state index contributed by atoms with van der Waals surface area (Å²) in [7, 11) is 3.53. The minimum absolute atomic E-state index is 0.0449. The zero-order chi connectivity index (χ0) is 42.2. The third-order valence-electron chi connectivity index (χ3n) is 10.7. The molecule has 0 radical (unpaired) electrons. The number of piperazine rings is 1. The quantitative estimate of drug-likeness (QED) is 0.0976. The second-order valence-corrected chi connectivity index (χ2v) is 16.4. The molecule has 1 saturated heterocycles. The molecule has 4 amide bonds. The number of fused-ring (bicyclic) bond motifs is 1. The van der Waals surface area contributed by atoms with Gasteiger partial charge in [0.1, 0.15) is 17.2 Å². The number of hydrogen-bond acceptors (Lipinski definition) is 13. The largest absolute Gasteiger partial charge is 0.379 e. The van der Waals surface area contributed by atoms with E-state index in [-0.39, 0.29) is 55.8 Å². The monoisotopic (exact) mass is 836 g/mol. The predicted molar refractivity (Wildman–Crippen MR) is 232 cm³/mol. The standard InChI is InChI=1S/C42H52N12O5S/c1-27-28(2)60-42(46-27)50-39(57)32-11-7-8-12-33(32)47-36(55)15-21-59-22-16-43-37(56)26-52-17-19-53(20-18-52)31-13-14-35(44-25-31)48-41-45-24-29-23-34(40(58)51(3)4)54(38(29)49-41)30-9-5-6-10-30/h7-8,11-14,23-25,30H,5-6,9-10,15-22,26H2,1-4H3,(H,43,56)(H,47,55)(H,46,50,57)(H,44,45,48,49). The molecule has 0 atom stereocenters. The molecule has 4 aromatic heterocycles. The van der Waals surface area contributed by atoms with Gasteiger partial charge < -0.3 is 35.1 Å². The first-order chi connectivity index (χ1) is 29.0. The number of carbonyl (C=O) groups excluding carboxylic acids is 4. The van der Waals surface area contributed by atoms with Crippen molar-refractivity contribution in [2.45, 2.75) is 52.0 Å². The number of hydrogen-bond donors (Lipinski definition) is 4. The summed E-state index contributed by atoms with van der Waals surface area (Å²) in [5.74, 6) is 0.264. The molecule has 2 fully saturated rings. The van der Waals surface area contributed by atoms with Gasteiger partial charge in [-0.05, 0) is 57.0 Å². The molecular formula is C42H52N12O5S. The fourth-order valence-electron chi connectivity index (χ4n) is 7.40. The van der Waals surface area contributed by atoms with Crippen LogP contribution in [-0.2, 0) is 14.3 Å². The number of amides is 4. The van der Waals surface area contributed by atoms with Crippen LogP contribution >= 0.6 is 11.3 Å². The van der Waals surface area contributed by atoms with E-state index < -0.39 is 0 Å². The maximum absolute atomic E-state index is 13.1. The smallest absolute Gasteiger partial charge is 0.270 e. The molecule has 4 N–H and O–H groups in total. The molecule has 5 heterocycles. The molecule has 0 bridgehead atoms. The minimum atomic E-state index is -0.354. The van der Waals surface area contributed by atoms with Crippen LogP contribution in [0.1, 0.15) is 69.6 Å². The van der Waals surface area contributed by atoms with Gasteiger partial charge in [-0.25, -0.2) is 15.0 Å². The first kappa shape index (κ1) is 42.2. The highest BCUT2D eigenvalue weighted by Gasteiger charge is 2.27. The molecule has 2 aliphatic rings. The summed E-state index contributed by atoms with van der Waals surface area (Å²) >= 11 is 1.40. The number of aryl methyl sites for hydroxylation is 2. The Morgan fingerprint density at radius 2 is 1.68 bits per heavy atom. The molecule has 1 aliphatic heterocycles. The highest BCUT2D eigenvalue weighted by Crippen LogP contribution is 2.35. The summed E-state index contributed by atoms with van der Waals surface area (Å²) in [6.07, 6.45) is 7.99. The van der Waals surface area contributed by atoms with Gasteiger partial charge in [-0.15, -0.1) is 11.3 Å². The van der Waals surface area contributed by atoms with Crippen molar-refractivity contribution in [2.75, 3.05) is 87.4 Å². The van der Waals surface area contributed by atoms with Crippen LogP contribution in [0.2, 0.25) is 0 Å². The Morgan fingerprint density at radius 3 is 2.40 bits per heavy atom. The lowest BCUT2D eigenvalue weighted by Gasteiger charge is -2.35. The minimum Gasteiger partial charge on any atom is -0.379 e. The van der Waals surface area contributed by atoms with Gasteiger partial charge in [-0.2, -0.15) is 4.98 Å². The molecule has 1 saturated carbocycles. The summed E-state index contributed by atoms with van der Waals surface area (Å²) < 4.78 is 7.70. The van der Waals surface area contributed by atoms with Crippen molar-refractivity contribution in [1.29, 1.82) is 0 Å². The molecule has 5 aromatic rings. The number of ether oxygens (including phenoxy) is 1. The highest BCUT2D eigenvalue weighted by molar-refractivity contribution is 7.15. The lowest BCUT2D eigenvalue weighted by atomic mass is 10.1. The Bertz CT molecular complexity index is 2290. The molecule has 1 aliphatic carbocycles. The number of thiazole rings is 1. The van der Waals surface area contributed by atoms with Crippen molar-refractivity contribution in [2.24, 2.45) is 0 Å². The van der Waals surface area contributed by atoms with E-state index >= 15 is 0 Å². The van der Waals surface area contributed by atoms with Gasteiger partial charge in [0.25, 0.3) is 11.8 Å². The third-order valence-corrected chi connectivity index (χ3v) is 11.7. The number of para-hydroxylation sites is 1. The van der Waals surface area contributed by atoms with Gasteiger partial charge in [0.2, 0.25) is 17.8 Å². The second kappa shape index (κ2) is 19.4. The van der Waals surface area contributed by atoms with Crippen molar-refractivity contribution in [1.82, 2.24) is 39.6 Å². The van der Waals surface area contributed by atoms with Crippen LogP contribution < -0.4 is 26.2 Å². The van der Waals surface area contributed by atoms with Gasteiger partial charge in [-0.3, -0.25) is 29.4 Å². The van der Waals surface area contributed by atoms with Crippen molar-refractivity contribution in [3.8, 4) is 0 Å². The number of carbonyl (C=O) groups is 4. The van der Waals surface area contributed by atoms with Crippen LogP contribution in [0.25, 0.3) is 11.0 Å². The van der Waals surface area contributed by atoms with Gasteiger partial charge in [0, 0.05) is 69.3 Å². The van der Waals surface area contributed by atoms with E-state index in [2.05, 4.69) is 50.6 Å². The number of anilines is 5. The Morgan fingerprint density at radius 1 is 0.900 bits per heavy atom. The lowest BCUT2D eigenvalue weighted by Crippen LogP contribution is -2.49. The third kappa shape index (κ3) is 10.4. The first-order valence-electron chi connectivity index (χ1n) is 20.3. The Hall–Kier alpha value is -5.98. The van der Waals surface area contributed by atoms with Gasteiger partial charge in [-0.1, -0.05) is 25.0 Å². The van der Waals surface area contributed by atoms with E-state index in [9.17, 15) is 19.2 Å². The van der Waals surface area contributed by atoms with Crippen LogP contribution in [0.15, 0.2) is 54.9 Å². The number of pyridine rings is 1. The maximum Gasteiger partial charge on any atom is 0.270 e. The van der Waals surface area contributed by atoms with E-state index in [0.717, 1.165) is 79.2 Å². The maximum atomic E-state index is 13.1.